The van der Waals surface area contributed by atoms with E-state index in [2.05, 4.69) is 34.3 Å². The van der Waals surface area contributed by atoms with Crippen molar-refractivity contribution in [3.05, 3.63) is 34.8 Å². The Labute approximate surface area is 116 Å². The Balaban J connectivity index is 2.02. The van der Waals surface area contributed by atoms with Gasteiger partial charge in [0.2, 0.25) is 5.13 Å². The Morgan fingerprint density at radius 1 is 1.26 bits per heavy atom. The number of rotatable bonds is 5. The van der Waals surface area contributed by atoms with Crippen LogP contribution in [0.15, 0.2) is 18.5 Å². The first-order valence-electron chi connectivity index (χ1n) is 6.24. The second kappa shape index (κ2) is 6.06. The quantitative estimate of drug-likeness (QED) is 0.911. The molecule has 0 aliphatic rings. The highest BCUT2D eigenvalue weighted by molar-refractivity contribution is 7.15. The number of nitrogens with zero attached hydrogens (tertiary/aromatic N) is 3. The van der Waals surface area contributed by atoms with E-state index in [4.69, 9.17) is 0 Å². The fourth-order valence-electron chi connectivity index (χ4n) is 1.68. The summed E-state index contributed by atoms with van der Waals surface area (Å²) in [6, 6.07) is 1.42. The molecule has 0 saturated heterocycles. The van der Waals surface area contributed by atoms with Gasteiger partial charge in [0.1, 0.15) is 10.8 Å². The summed E-state index contributed by atoms with van der Waals surface area (Å²) in [6.45, 7) is 6.24. The van der Waals surface area contributed by atoms with E-state index in [1.165, 1.54) is 12.3 Å². The van der Waals surface area contributed by atoms with Gasteiger partial charge in [0.25, 0.3) is 0 Å². The van der Waals surface area contributed by atoms with Gasteiger partial charge in [-0.2, -0.15) is 0 Å². The molecule has 1 atom stereocenters. The summed E-state index contributed by atoms with van der Waals surface area (Å²) < 4.78 is 13.1. The largest absolute Gasteiger partial charge is 0.353 e. The van der Waals surface area contributed by atoms with Crippen LogP contribution in [-0.2, 0) is 6.42 Å². The molecule has 0 radical (unpaired) electrons. The van der Waals surface area contributed by atoms with Crippen LogP contribution in [0.3, 0.4) is 0 Å². The summed E-state index contributed by atoms with van der Waals surface area (Å²) in [7, 11) is 0. The summed E-state index contributed by atoms with van der Waals surface area (Å²) in [6.07, 6.45) is 3.77. The summed E-state index contributed by atoms with van der Waals surface area (Å²) >= 11 is 1.54. The minimum Gasteiger partial charge on any atom is -0.353 e. The fourth-order valence-corrected chi connectivity index (χ4v) is 2.72. The number of hydrogen-bond donors (Lipinski definition) is 1. The fraction of sp³-hybridized carbons (Fsp3) is 0.462. The van der Waals surface area contributed by atoms with Crippen LogP contribution in [0, 0.1) is 11.7 Å². The van der Waals surface area contributed by atoms with Crippen molar-refractivity contribution in [3.63, 3.8) is 0 Å². The molecule has 2 rings (SSSR count). The lowest BCUT2D eigenvalue weighted by atomic mass is 10.1. The smallest absolute Gasteiger partial charge is 0.206 e. The van der Waals surface area contributed by atoms with E-state index < -0.39 is 0 Å². The Morgan fingerprint density at radius 2 is 2.05 bits per heavy atom. The van der Waals surface area contributed by atoms with Crippen LogP contribution in [-0.4, -0.2) is 15.2 Å². The zero-order valence-corrected chi connectivity index (χ0v) is 12.0. The average Bonchev–Trinajstić information content (AvgIpc) is 2.75. The van der Waals surface area contributed by atoms with Crippen LogP contribution < -0.4 is 5.32 Å². The first kappa shape index (κ1) is 13.9. The number of aromatic nitrogens is 3. The van der Waals surface area contributed by atoms with Gasteiger partial charge < -0.3 is 5.32 Å². The second-order valence-corrected chi connectivity index (χ2v) is 5.96. The first-order chi connectivity index (χ1) is 9.04. The molecule has 0 amide bonds. The maximum absolute atomic E-state index is 13.1. The maximum atomic E-state index is 13.1. The van der Waals surface area contributed by atoms with Crippen molar-refractivity contribution in [3.8, 4) is 0 Å². The van der Waals surface area contributed by atoms with E-state index in [1.54, 1.807) is 17.5 Å². The Hall–Kier alpha value is -1.56. The van der Waals surface area contributed by atoms with Crippen molar-refractivity contribution < 1.29 is 4.39 Å². The van der Waals surface area contributed by atoms with Crippen molar-refractivity contribution in [1.82, 2.24) is 15.2 Å². The van der Waals surface area contributed by atoms with Crippen molar-refractivity contribution in [2.24, 2.45) is 5.92 Å². The molecule has 102 valence electrons. The highest BCUT2D eigenvalue weighted by atomic mass is 32.1. The van der Waals surface area contributed by atoms with Gasteiger partial charge in [-0.25, -0.2) is 4.39 Å². The summed E-state index contributed by atoms with van der Waals surface area (Å²) in [5.41, 5.74) is 0.792. The number of nitrogens with one attached hydrogen (secondary N) is 1. The average molecular weight is 280 g/mol. The van der Waals surface area contributed by atoms with Gasteiger partial charge in [-0.15, -0.1) is 10.2 Å². The summed E-state index contributed by atoms with van der Waals surface area (Å²) in [5.74, 6) is 0.231. The molecule has 0 aliphatic carbocycles. The van der Waals surface area contributed by atoms with Crippen LogP contribution >= 0.6 is 11.3 Å². The van der Waals surface area contributed by atoms with Gasteiger partial charge in [0, 0.05) is 12.6 Å². The lowest BCUT2D eigenvalue weighted by Gasteiger charge is -2.12. The molecule has 0 aromatic carbocycles. The molecule has 19 heavy (non-hydrogen) atoms. The van der Waals surface area contributed by atoms with Crippen molar-refractivity contribution in [2.75, 3.05) is 5.32 Å². The number of hydrogen-bond acceptors (Lipinski definition) is 5. The molecule has 0 saturated carbocycles. The van der Waals surface area contributed by atoms with Crippen molar-refractivity contribution in [2.45, 2.75) is 33.2 Å². The van der Waals surface area contributed by atoms with E-state index in [9.17, 15) is 4.39 Å². The Morgan fingerprint density at radius 3 is 2.74 bits per heavy atom. The van der Waals surface area contributed by atoms with Crippen LogP contribution in [0.4, 0.5) is 9.52 Å². The van der Waals surface area contributed by atoms with E-state index in [0.717, 1.165) is 22.1 Å². The van der Waals surface area contributed by atoms with Crippen LogP contribution in [0.5, 0.6) is 0 Å². The van der Waals surface area contributed by atoms with Crippen molar-refractivity contribution in [1.29, 1.82) is 0 Å². The molecule has 6 heteroatoms. The van der Waals surface area contributed by atoms with E-state index in [-0.39, 0.29) is 11.9 Å². The van der Waals surface area contributed by atoms with Gasteiger partial charge in [-0.05, 0) is 24.5 Å². The molecule has 4 nitrogen and oxygen atoms in total. The summed E-state index contributed by atoms with van der Waals surface area (Å²) in [5, 5.41) is 13.2. The van der Waals surface area contributed by atoms with E-state index in [0.29, 0.717) is 5.92 Å². The second-order valence-electron chi connectivity index (χ2n) is 4.90. The molecule has 1 N–H and O–H groups in total. The molecular formula is C13H17FN4S. The molecule has 2 aromatic rings. The molecule has 2 heterocycles. The number of halogens is 1. The molecule has 0 aliphatic heterocycles. The molecule has 0 spiro atoms. The minimum absolute atomic E-state index is 0.0527. The Bertz CT molecular complexity index is 541. The molecule has 0 fully saturated rings. The zero-order valence-electron chi connectivity index (χ0n) is 11.2. The maximum Gasteiger partial charge on any atom is 0.206 e. The standard InChI is InChI=1S/C13H17FN4S/c1-8(2)4-12-17-18-13(19-12)16-9(3)10-5-11(14)7-15-6-10/h5-9H,4H2,1-3H3,(H,16,18). The van der Waals surface area contributed by atoms with Crippen LogP contribution in [0.2, 0.25) is 0 Å². The van der Waals surface area contributed by atoms with Crippen LogP contribution in [0.1, 0.15) is 37.4 Å². The number of pyridine rings is 1. The van der Waals surface area contributed by atoms with Gasteiger partial charge >= 0.3 is 0 Å². The third-order valence-corrected chi connectivity index (χ3v) is 3.49. The first-order valence-corrected chi connectivity index (χ1v) is 7.05. The topological polar surface area (TPSA) is 50.7 Å². The van der Waals surface area contributed by atoms with Crippen molar-refractivity contribution >= 4 is 16.5 Å². The number of anilines is 1. The monoisotopic (exact) mass is 280 g/mol. The molecular weight excluding hydrogens is 263 g/mol. The van der Waals surface area contributed by atoms with Crippen LogP contribution in [0.25, 0.3) is 0 Å². The van der Waals surface area contributed by atoms with Gasteiger partial charge in [0.15, 0.2) is 0 Å². The van der Waals surface area contributed by atoms with Gasteiger partial charge in [-0.3, -0.25) is 4.98 Å². The predicted molar refractivity (Wildman–Crippen MR) is 74.7 cm³/mol. The zero-order chi connectivity index (χ0) is 13.8. The minimum atomic E-state index is -0.330. The van der Waals surface area contributed by atoms with Gasteiger partial charge in [-0.1, -0.05) is 25.2 Å². The predicted octanol–water partition coefficient (Wildman–Crippen LogP) is 3.44. The third-order valence-electron chi connectivity index (χ3n) is 2.62. The molecule has 2 aromatic heterocycles. The normalized spacial score (nSPS) is 12.7. The SMILES string of the molecule is CC(C)Cc1nnc(NC(C)c2cncc(F)c2)s1. The highest BCUT2D eigenvalue weighted by Gasteiger charge is 2.11. The van der Waals surface area contributed by atoms with E-state index >= 15 is 0 Å². The third kappa shape index (κ3) is 3.96. The Kier molecular flexibility index (Phi) is 4.42. The molecule has 1 unspecified atom stereocenters. The van der Waals surface area contributed by atoms with E-state index in [1.807, 2.05) is 6.92 Å². The summed E-state index contributed by atoms with van der Waals surface area (Å²) in [4.78, 5) is 3.84. The lowest BCUT2D eigenvalue weighted by Crippen LogP contribution is -2.07. The molecule has 0 bridgehead atoms. The highest BCUT2D eigenvalue weighted by Crippen LogP contribution is 2.23. The van der Waals surface area contributed by atoms with Gasteiger partial charge in [0.05, 0.1) is 12.2 Å². The lowest BCUT2D eigenvalue weighted by molar-refractivity contribution is 0.616.